The number of aromatic nitrogens is 1. The second kappa shape index (κ2) is 4.95. The van der Waals surface area contributed by atoms with Gasteiger partial charge in [-0.2, -0.15) is 0 Å². The first kappa shape index (κ1) is 11.7. The lowest BCUT2D eigenvalue weighted by Crippen LogP contribution is -2.29. The van der Waals surface area contributed by atoms with Gasteiger partial charge in [-0.05, 0) is 12.1 Å². The quantitative estimate of drug-likeness (QED) is 0.789. The van der Waals surface area contributed by atoms with Gasteiger partial charge < -0.3 is 10.4 Å². The number of nitrogens with zero attached hydrogens (tertiary/aromatic N) is 1. The Hall–Kier alpha value is -1.33. The summed E-state index contributed by atoms with van der Waals surface area (Å²) in [5, 5.41) is 10.6. The highest BCUT2D eigenvalue weighted by Gasteiger charge is 2.12. The van der Waals surface area contributed by atoms with Crippen LogP contribution in [0.1, 0.15) is 10.4 Å². The molecule has 7 heteroatoms. The summed E-state index contributed by atoms with van der Waals surface area (Å²) in [5.41, 5.74) is 0.0855. The molecule has 1 aromatic rings. The van der Waals surface area contributed by atoms with E-state index in [2.05, 4.69) is 10.3 Å². The lowest BCUT2D eigenvalue weighted by molar-refractivity contribution is -0.135. The average Bonchev–Trinajstić information content (AvgIpc) is 2.14. The molecule has 0 radical (unpaired) electrons. The zero-order chi connectivity index (χ0) is 11.4. The normalized spacial score (nSPS) is 9.73. The molecule has 0 spiro atoms. The van der Waals surface area contributed by atoms with Crippen molar-refractivity contribution in [2.75, 3.05) is 6.54 Å². The molecule has 1 aromatic heterocycles. The van der Waals surface area contributed by atoms with Crippen molar-refractivity contribution in [3.05, 3.63) is 28.0 Å². The minimum atomic E-state index is -1.14. The zero-order valence-electron chi connectivity index (χ0n) is 7.33. The summed E-state index contributed by atoms with van der Waals surface area (Å²) in [7, 11) is 0. The Morgan fingerprint density at radius 1 is 1.40 bits per heavy atom. The molecule has 5 nitrogen and oxygen atoms in total. The van der Waals surface area contributed by atoms with Crippen LogP contribution in [0.3, 0.4) is 0 Å². The topological polar surface area (TPSA) is 79.3 Å². The number of hydrogen-bond acceptors (Lipinski definition) is 3. The van der Waals surface area contributed by atoms with Gasteiger partial charge in [-0.15, -0.1) is 0 Å². The van der Waals surface area contributed by atoms with Crippen molar-refractivity contribution in [2.45, 2.75) is 0 Å². The number of nitrogens with one attached hydrogen (secondary N) is 1. The summed E-state index contributed by atoms with van der Waals surface area (Å²) in [4.78, 5) is 25.2. The summed E-state index contributed by atoms with van der Waals surface area (Å²) in [6.07, 6.45) is 0. The molecule has 0 fully saturated rings. The summed E-state index contributed by atoms with van der Waals surface area (Å²) >= 11 is 11.2. The molecule has 0 unspecified atom stereocenters. The van der Waals surface area contributed by atoms with Gasteiger partial charge in [0.15, 0.2) is 0 Å². The summed E-state index contributed by atoms with van der Waals surface area (Å²) in [6, 6.07) is 2.76. The van der Waals surface area contributed by atoms with Crippen LogP contribution in [0.2, 0.25) is 10.3 Å². The fraction of sp³-hybridized carbons (Fsp3) is 0.125. The van der Waals surface area contributed by atoms with Crippen LogP contribution in [0.4, 0.5) is 0 Å². The molecule has 1 amide bonds. The van der Waals surface area contributed by atoms with Crippen molar-refractivity contribution in [3.63, 3.8) is 0 Å². The molecule has 0 saturated carbocycles. The van der Waals surface area contributed by atoms with E-state index in [1.807, 2.05) is 0 Å². The highest BCUT2D eigenvalue weighted by Crippen LogP contribution is 2.16. The summed E-state index contributed by atoms with van der Waals surface area (Å²) in [5.74, 6) is -1.74. The van der Waals surface area contributed by atoms with Crippen LogP contribution in [-0.2, 0) is 4.79 Å². The molecule has 0 aliphatic carbocycles. The Kier molecular flexibility index (Phi) is 3.88. The molecule has 80 valence electrons. The van der Waals surface area contributed by atoms with Crippen molar-refractivity contribution in [1.29, 1.82) is 0 Å². The molecular weight excluding hydrogens is 243 g/mol. The number of carbonyl (C=O) groups is 2. The van der Waals surface area contributed by atoms with Crippen LogP contribution >= 0.6 is 23.2 Å². The number of pyridine rings is 1. The van der Waals surface area contributed by atoms with E-state index in [1.165, 1.54) is 12.1 Å². The van der Waals surface area contributed by atoms with E-state index in [9.17, 15) is 9.59 Å². The molecule has 0 bridgehead atoms. The molecule has 0 aromatic carbocycles. The molecular formula is C8H6Cl2N2O3. The smallest absolute Gasteiger partial charge is 0.322 e. The second-order valence-electron chi connectivity index (χ2n) is 2.55. The minimum Gasteiger partial charge on any atom is -0.480 e. The molecule has 0 aliphatic heterocycles. The van der Waals surface area contributed by atoms with Crippen LogP contribution in [-0.4, -0.2) is 28.5 Å². The first-order chi connectivity index (χ1) is 7.00. The summed E-state index contributed by atoms with van der Waals surface area (Å²) < 4.78 is 0. The maximum absolute atomic E-state index is 11.3. The third kappa shape index (κ3) is 3.38. The first-order valence-corrected chi connectivity index (χ1v) is 4.58. The molecule has 1 rings (SSSR count). The third-order valence-electron chi connectivity index (χ3n) is 1.46. The lowest BCUT2D eigenvalue weighted by atomic mass is 10.2. The van der Waals surface area contributed by atoms with Crippen LogP contribution in [0.25, 0.3) is 0 Å². The van der Waals surface area contributed by atoms with Crippen LogP contribution in [0.5, 0.6) is 0 Å². The fourth-order valence-corrected chi connectivity index (χ4v) is 1.26. The standard InChI is InChI=1S/C8H6Cl2N2O3/c9-5-2-1-4(7(10)12-5)8(15)11-3-6(13)14/h1-2H,3H2,(H,11,15)(H,13,14). The van der Waals surface area contributed by atoms with E-state index in [0.29, 0.717) is 0 Å². The van der Waals surface area contributed by atoms with E-state index < -0.39 is 18.4 Å². The van der Waals surface area contributed by atoms with Crippen molar-refractivity contribution in [1.82, 2.24) is 10.3 Å². The van der Waals surface area contributed by atoms with Crippen molar-refractivity contribution >= 4 is 35.1 Å². The van der Waals surface area contributed by atoms with Crippen molar-refractivity contribution < 1.29 is 14.7 Å². The highest BCUT2D eigenvalue weighted by molar-refractivity contribution is 6.34. The number of aliphatic carboxylic acids is 1. The predicted octanol–water partition coefficient (Wildman–Crippen LogP) is 1.20. The lowest BCUT2D eigenvalue weighted by Gasteiger charge is -2.03. The molecule has 15 heavy (non-hydrogen) atoms. The van der Waals surface area contributed by atoms with E-state index in [1.54, 1.807) is 0 Å². The minimum absolute atomic E-state index is 0.0645. The number of amides is 1. The van der Waals surface area contributed by atoms with Gasteiger partial charge in [0, 0.05) is 0 Å². The van der Waals surface area contributed by atoms with Crippen molar-refractivity contribution in [2.24, 2.45) is 0 Å². The number of rotatable bonds is 3. The van der Waals surface area contributed by atoms with E-state index in [4.69, 9.17) is 28.3 Å². The number of hydrogen-bond donors (Lipinski definition) is 2. The van der Waals surface area contributed by atoms with Gasteiger partial charge in [0.1, 0.15) is 16.9 Å². The SMILES string of the molecule is O=C(O)CNC(=O)c1ccc(Cl)nc1Cl. The van der Waals surface area contributed by atoms with Gasteiger partial charge in [-0.1, -0.05) is 23.2 Å². The van der Waals surface area contributed by atoms with Crippen LogP contribution < -0.4 is 5.32 Å². The Bertz CT molecular complexity index is 409. The van der Waals surface area contributed by atoms with Gasteiger partial charge in [0.2, 0.25) is 0 Å². The molecule has 0 aliphatic rings. The number of halogens is 2. The Morgan fingerprint density at radius 2 is 2.07 bits per heavy atom. The molecule has 1 heterocycles. The second-order valence-corrected chi connectivity index (χ2v) is 3.29. The highest BCUT2D eigenvalue weighted by atomic mass is 35.5. The van der Waals surface area contributed by atoms with Crippen LogP contribution in [0, 0.1) is 0 Å². The van der Waals surface area contributed by atoms with E-state index in [-0.39, 0.29) is 15.9 Å². The van der Waals surface area contributed by atoms with Gasteiger partial charge in [-0.25, -0.2) is 4.98 Å². The van der Waals surface area contributed by atoms with Gasteiger partial charge in [0.05, 0.1) is 5.56 Å². The fourth-order valence-electron chi connectivity index (χ4n) is 0.833. The number of carboxylic acid groups (broad SMARTS) is 1. The molecule has 2 N–H and O–H groups in total. The largest absolute Gasteiger partial charge is 0.480 e. The molecule has 0 saturated heterocycles. The van der Waals surface area contributed by atoms with Crippen LogP contribution in [0.15, 0.2) is 12.1 Å². The van der Waals surface area contributed by atoms with E-state index >= 15 is 0 Å². The van der Waals surface area contributed by atoms with Gasteiger partial charge in [0.25, 0.3) is 5.91 Å². The first-order valence-electron chi connectivity index (χ1n) is 3.82. The Morgan fingerprint density at radius 3 is 2.60 bits per heavy atom. The Balaban J connectivity index is 2.78. The zero-order valence-corrected chi connectivity index (χ0v) is 8.84. The maximum atomic E-state index is 11.3. The third-order valence-corrected chi connectivity index (χ3v) is 1.96. The molecule has 0 atom stereocenters. The number of carboxylic acids is 1. The average molecular weight is 249 g/mol. The van der Waals surface area contributed by atoms with E-state index in [0.717, 1.165) is 0 Å². The van der Waals surface area contributed by atoms with Gasteiger partial charge >= 0.3 is 5.97 Å². The predicted molar refractivity (Wildman–Crippen MR) is 54.2 cm³/mol. The van der Waals surface area contributed by atoms with Gasteiger partial charge in [-0.3, -0.25) is 9.59 Å². The summed E-state index contributed by atoms with van der Waals surface area (Å²) in [6.45, 7) is -0.474. The number of carbonyl (C=O) groups excluding carboxylic acids is 1. The Labute approximate surface area is 95.0 Å². The monoisotopic (exact) mass is 248 g/mol. The van der Waals surface area contributed by atoms with Crippen molar-refractivity contribution in [3.8, 4) is 0 Å². The maximum Gasteiger partial charge on any atom is 0.322 e.